The number of benzene rings is 1. The van der Waals surface area contributed by atoms with E-state index < -0.39 is 5.97 Å². The summed E-state index contributed by atoms with van der Waals surface area (Å²) in [5.74, 6) is -0.296. The van der Waals surface area contributed by atoms with Crippen molar-refractivity contribution in [1.82, 2.24) is 9.69 Å². The van der Waals surface area contributed by atoms with Crippen LogP contribution in [0.2, 0.25) is 0 Å². The van der Waals surface area contributed by atoms with Gasteiger partial charge in [-0.05, 0) is 42.4 Å². The third-order valence-corrected chi connectivity index (χ3v) is 4.82. The van der Waals surface area contributed by atoms with Gasteiger partial charge in [-0.25, -0.2) is 0 Å². The molecule has 0 spiro atoms. The second-order valence-corrected chi connectivity index (χ2v) is 6.24. The van der Waals surface area contributed by atoms with Gasteiger partial charge < -0.3 is 15.3 Å². The normalized spacial score (nSPS) is 19.0. The number of nitrogens with one attached hydrogen (secondary N) is 1. The maximum absolute atomic E-state index is 10.6. The molecule has 1 atom stereocenters. The molecule has 112 valence electrons. The minimum Gasteiger partial charge on any atom is -0.480 e. The molecule has 0 amide bonds. The van der Waals surface area contributed by atoms with E-state index in [1.807, 2.05) is 12.1 Å². The summed E-state index contributed by atoms with van der Waals surface area (Å²) in [6.07, 6.45) is 2.30. The van der Waals surface area contributed by atoms with E-state index in [0.717, 1.165) is 38.0 Å². The molecule has 2 aromatic rings. The van der Waals surface area contributed by atoms with E-state index in [1.165, 1.54) is 10.4 Å². The van der Waals surface area contributed by atoms with Crippen LogP contribution in [0, 0.1) is 5.92 Å². The molecule has 0 aliphatic carbocycles. The van der Waals surface area contributed by atoms with E-state index in [4.69, 9.17) is 5.11 Å². The van der Waals surface area contributed by atoms with Crippen LogP contribution in [0.5, 0.6) is 0 Å². The molecule has 21 heavy (non-hydrogen) atoms. The van der Waals surface area contributed by atoms with Crippen molar-refractivity contribution in [1.29, 1.82) is 0 Å². The van der Waals surface area contributed by atoms with Crippen molar-refractivity contribution in [2.24, 2.45) is 5.92 Å². The number of anilines is 1. The molecule has 1 fully saturated rings. The topological polar surface area (TPSA) is 65.5 Å². The number of carbonyl (C=O) groups is 1. The van der Waals surface area contributed by atoms with Crippen molar-refractivity contribution in [2.45, 2.75) is 12.8 Å². The van der Waals surface area contributed by atoms with Crippen LogP contribution in [-0.4, -0.2) is 41.6 Å². The van der Waals surface area contributed by atoms with Crippen LogP contribution in [0.4, 0.5) is 5.00 Å². The zero-order valence-corrected chi connectivity index (χ0v) is 12.6. The van der Waals surface area contributed by atoms with Crippen molar-refractivity contribution >= 4 is 33.4 Å². The van der Waals surface area contributed by atoms with E-state index in [9.17, 15) is 4.79 Å². The van der Waals surface area contributed by atoms with Crippen LogP contribution in [0.3, 0.4) is 0 Å². The molecule has 2 N–H and O–H groups in total. The monoisotopic (exact) mass is 305 g/mol. The van der Waals surface area contributed by atoms with Crippen LogP contribution in [-0.2, 0) is 4.79 Å². The predicted molar refractivity (Wildman–Crippen MR) is 85.1 cm³/mol. The fourth-order valence-corrected chi connectivity index (χ4v) is 3.80. The quantitative estimate of drug-likeness (QED) is 0.886. The summed E-state index contributed by atoms with van der Waals surface area (Å²) < 4.78 is 4.51. The predicted octanol–water partition coefficient (Wildman–Crippen LogP) is 2.19. The van der Waals surface area contributed by atoms with E-state index in [2.05, 4.69) is 26.7 Å². The Morgan fingerprint density at radius 2 is 2.33 bits per heavy atom. The van der Waals surface area contributed by atoms with E-state index in [0.29, 0.717) is 5.92 Å². The van der Waals surface area contributed by atoms with Gasteiger partial charge in [0.1, 0.15) is 5.00 Å². The lowest BCUT2D eigenvalue weighted by molar-refractivity contribution is -0.136. The Bertz CT molecular complexity index is 628. The van der Waals surface area contributed by atoms with Gasteiger partial charge in [0.2, 0.25) is 0 Å². The summed E-state index contributed by atoms with van der Waals surface area (Å²) in [7, 11) is 0. The van der Waals surface area contributed by atoms with Crippen molar-refractivity contribution < 1.29 is 9.90 Å². The van der Waals surface area contributed by atoms with Gasteiger partial charge in [-0.1, -0.05) is 12.1 Å². The van der Waals surface area contributed by atoms with Gasteiger partial charge in [0.05, 0.1) is 12.1 Å². The molecule has 1 aromatic carbocycles. The molecule has 0 bridgehead atoms. The Morgan fingerprint density at radius 1 is 1.48 bits per heavy atom. The van der Waals surface area contributed by atoms with E-state index >= 15 is 0 Å². The molecule has 0 radical (unpaired) electrons. The summed E-state index contributed by atoms with van der Waals surface area (Å²) in [5, 5.41) is 14.2. The third kappa shape index (κ3) is 3.33. The fraction of sp³-hybridized carbons (Fsp3) is 0.467. The lowest BCUT2D eigenvalue weighted by atomic mass is 9.98. The number of hydrogen-bond donors (Lipinski definition) is 2. The SMILES string of the molecule is O=C(O)CNCC1CCCN(c2snc3ccccc23)C1. The van der Waals surface area contributed by atoms with Gasteiger partial charge in [-0.3, -0.25) is 4.79 Å². The number of nitrogens with zero attached hydrogens (tertiary/aromatic N) is 2. The average Bonchev–Trinajstić information content (AvgIpc) is 2.91. The van der Waals surface area contributed by atoms with Crippen molar-refractivity contribution in [3.05, 3.63) is 24.3 Å². The summed E-state index contributed by atoms with van der Waals surface area (Å²) in [6, 6.07) is 8.24. The van der Waals surface area contributed by atoms with Crippen LogP contribution in [0.25, 0.3) is 10.9 Å². The lowest BCUT2D eigenvalue weighted by Crippen LogP contribution is -2.40. The zero-order chi connectivity index (χ0) is 14.7. The molecular formula is C15H19N3O2S. The molecule has 1 saturated heterocycles. The van der Waals surface area contributed by atoms with Crippen LogP contribution < -0.4 is 10.2 Å². The number of rotatable bonds is 5. The molecule has 1 unspecified atom stereocenters. The Morgan fingerprint density at radius 3 is 3.19 bits per heavy atom. The van der Waals surface area contributed by atoms with Gasteiger partial charge in [0.25, 0.3) is 0 Å². The zero-order valence-electron chi connectivity index (χ0n) is 11.8. The summed E-state index contributed by atoms with van der Waals surface area (Å²) in [6.45, 7) is 2.83. The van der Waals surface area contributed by atoms with Crippen molar-refractivity contribution in [3.8, 4) is 0 Å². The molecule has 2 heterocycles. The first-order chi connectivity index (χ1) is 10.2. The maximum atomic E-state index is 10.6. The van der Waals surface area contributed by atoms with E-state index in [-0.39, 0.29) is 6.54 Å². The van der Waals surface area contributed by atoms with Gasteiger partial charge in [0, 0.05) is 25.0 Å². The summed E-state index contributed by atoms with van der Waals surface area (Å²) in [4.78, 5) is 13.0. The van der Waals surface area contributed by atoms with Gasteiger partial charge >= 0.3 is 5.97 Å². The molecule has 5 nitrogen and oxygen atoms in total. The number of aromatic nitrogens is 1. The first-order valence-electron chi connectivity index (χ1n) is 7.26. The number of aliphatic carboxylic acids is 1. The Hall–Kier alpha value is -1.66. The standard InChI is InChI=1S/C15H19N3O2S/c19-14(20)9-16-8-11-4-3-7-18(10-11)15-12-5-1-2-6-13(12)17-21-15/h1-2,5-6,11,16H,3-4,7-10H2,(H,19,20). The molecule has 6 heteroatoms. The summed E-state index contributed by atoms with van der Waals surface area (Å²) >= 11 is 1.56. The van der Waals surface area contributed by atoms with Gasteiger partial charge in [0.15, 0.2) is 0 Å². The number of carboxylic acid groups (broad SMARTS) is 1. The Labute approximate surface area is 127 Å². The van der Waals surface area contributed by atoms with Crippen LogP contribution >= 0.6 is 11.5 Å². The fourth-order valence-electron chi connectivity index (χ4n) is 2.90. The number of carboxylic acids is 1. The lowest BCUT2D eigenvalue weighted by Gasteiger charge is -2.33. The molecule has 3 rings (SSSR count). The maximum Gasteiger partial charge on any atom is 0.317 e. The summed E-state index contributed by atoms with van der Waals surface area (Å²) in [5.41, 5.74) is 1.06. The number of piperidine rings is 1. The highest BCUT2D eigenvalue weighted by atomic mass is 32.1. The minimum atomic E-state index is -0.795. The van der Waals surface area contributed by atoms with Gasteiger partial charge in [-0.2, -0.15) is 4.37 Å². The number of hydrogen-bond acceptors (Lipinski definition) is 5. The molecular weight excluding hydrogens is 286 g/mol. The number of fused-ring (bicyclic) bond motifs is 1. The first-order valence-corrected chi connectivity index (χ1v) is 8.03. The smallest absolute Gasteiger partial charge is 0.317 e. The highest BCUT2D eigenvalue weighted by Gasteiger charge is 2.22. The average molecular weight is 305 g/mol. The highest BCUT2D eigenvalue weighted by molar-refractivity contribution is 7.11. The van der Waals surface area contributed by atoms with Crippen molar-refractivity contribution in [3.63, 3.8) is 0 Å². The first kappa shape index (κ1) is 14.3. The van der Waals surface area contributed by atoms with Gasteiger partial charge in [-0.15, -0.1) is 0 Å². The highest BCUT2D eigenvalue weighted by Crippen LogP contribution is 2.33. The molecule has 1 aromatic heterocycles. The van der Waals surface area contributed by atoms with Crippen LogP contribution in [0.15, 0.2) is 24.3 Å². The van der Waals surface area contributed by atoms with Crippen molar-refractivity contribution in [2.75, 3.05) is 31.1 Å². The van der Waals surface area contributed by atoms with Crippen LogP contribution in [0.1, 0.15) is 12.8 Å². The van der Waals surface area contributed by atoms with E-state index in [1.54, 1.807) is 11.5 Å². The third-order valence-electron chi connectivity index (χ3n) is 3.88. The molecule has 0 saturated carbocycles. The Kier molecular flexibility index (Phi) is 4.36. The minimum absolute atomic E-state index is 0.0417. The molecule has 1 aliphatic rings. The largest absolute Gasteiger partial charge is 0.480 e. The second kappa shape index (κ2) is 6.41. The molecule has 1 aliphatic heterocycles. The second-order valence-electron chi connectivity index (χ2n) is 5.48. The Balaban J connectivity index is 1.67.